The Labute approximate surface area is 76.1 Å². The number of ketones is 1. The summed E-state index contributed by atoms with van der Waals surface area (Å²) in [6.07, 6.45) is 4.30. The molecule has 0 radical (unpaired) electrons. The number of rotatable bonds is 3. The van der Waals surface area contributed by atoms with Gasteiger partial charge in [0, 0.05) is 6.20 Å². The lowest BCUT2D eigenvalue weighted by molar-refractivity contribution is 0.103. The summed E-state index contributed by atoms with van der Waals surface area (Å²) in [4.78, 5) is 12.3. The van der Waals surface area contributed by atoms with Crippen molar-refractivity contribution in [2.45, 2.75) is 20.3 Å². The van der Waals surface area contributed by atoms with Gasteiger partial charge in [-0.3, -0.25) is 4.79 Å². The minimum atomic E-state index is 0.113. The van der Waals surface area contributed by atoms with Crippen molar-refractivity contribution in [3.8, 4) is 0 Å². The summed E-state index contributed by atoms with van der Waals surface area (Å²) in [5, 5.41) is 0. The van der Waals surface area contributed by atoms with Crippen molar-refractivity contribution >= 4 is 17.3 Å². The Balaban J connectivity index is 2.85. The van der Waals surface area contributed by atoms with E-state index in [-0.39, 0.29) is 5.78 Å². The maximum Gasteiger partial charge on any atom is 0.200 e. The summed E-state index contributed by atoms with van der Waals surface area (Å²) < 4.78 is 3.89. The summed E-state index contributed by atoms with van der Waals surface area (Å²) in [5.74, 6) is 0.113. The van der Waals surface area contributed by atoms with Crippen molar-refractivity contribution in [2.75, 3.05) is 0 Å². The van der Waals surface area contributed by atoms with Crippen LogP contribution < -0.4 is 0 Å². The molecule has 2 nitrogen and oxygen atoms in total. The smallest absolute Gasteiger partial charge is 0.200 e. The largest absolute Gasteiger partial charge is 0.288 e. The highest BCUT2D eigenvalue weighted by atomic mass is 32.1. The van der Waals surface area contributed by atoms with Crippen LogP contribution in [0.2, 0.25) is 0 Å². The molecule has 0 aromatic carbocycles. The SMILES string of the molecule is C/C=C(\CC)C(=O)c1ccns1. The fraction of sp³-hybridized carbons (Fsp3) is 0.333. The zero-order valence-electron chi connectivity index (χ0n) is 7.20. The number of nitrogens with zero attached hydrogens (tertiary/aromatic N) is 1. The van der Waals surface area contributed by atoms with Gasteiger partial charge in [-0.25, -0.2) is 4.37 Å². The number of aromatic nitrogens is 1. The Hall–Kier alpha value is -0.960. The van der Waals surface area contributed by atoms with Crippen LogP contribution in [0.25, 0.3) is 0 Å². The first kappa shape index (κ1) is 9.13. The number of Topliss-reactive ketones (excluding diaryl/α,β-unsaturated/α-hetero) is 1. The first-order valence-corrected chi connectivity index (χ1v) is 4.67. The van der Waals surface area contributed by atoms with Crippen molar-refractivity contribution in [1.82, 2.24) is 4.37 Å². The van der Waals surface area contributed by atoms with Gasteiger partial charge in [-0.15, -0.1) is 0 Å². The summed E-state index contributed by atoms with van der Waals surface area (Å²) in [7, 11) is 0. The fourth-order valence-corrected chi connectivity index (χ4v) is 1.56. The fourth-order valence-electron chi connectivity index (χ4n) is 0.987. The highest BCUT2D eigenvalue weighted by Gasteiger charge is 2.10. The topological polar surface area (TPSA) is 30.0 Å². The van der Waals surface area contributed by atoms with E-state index < -0.39 is 0 Å². The third-order valence-electron chi connectivity index (χ3n) is 1.68. The molecule has 0 amide bonds. The monoisotopic (exact) mass is 181 g/mol. The Morgan fingerprint density at radius 2 is 2.50 bits per heavy atom. The third-order valence-corrected chi connectivity index (χ3v) is 2.43. The predicted octanol–water partition coefficient (Wildman–Crippen LogP) is 2.68. The maximum atomic E-state index is 11.6. The molecule has 0 aliphatic heterocycles. The van der Waals surface area contributed by atoms with E-state index in [9.17, 15) is 4.79 Å². The van der Waals surface area contributed by atoms with Gasteiger partial charge in [-0.2, -0.15) is 0 Å². The minimum Gasteiger partial charge on any atom is -0.288 e. The molecule has 0 saturated heterocycles. The number of carbonyl (C=O) groups excluding carboxylic acids is 1. The van der Waals surface area contributed by atoms with Crippen molar-refractivity contribution < 1.29 is 4.79 Å². The van der Waals surface area contributed by atoms with Gasteiger partial charge in [0.05, 0.1) is 4.88 Å². The molecule has 1 rings (SSSR count). The van der Waals surface area contributed by atoms with Crippen molar-refractivity contribution in [1.29, 1.82) is 0 Å². The van der Waals surface area contributed by atoms with E-state index in [1.165, 1.54) is 11.5 Å². The summed E-state index contributed by atoms with van der Waals surface area (Å²) in [5.41, 5.74) is 0.860. The Bertz CT molecular complexity index is 287. The Kier molecular flexibility index (Phi) is 3.17. The highest BCUT2D eigenvalue weighted by molar-refractivity contribution is 7.08. The van der Waals surface area contributed by atoms with Gasteiger partial charge in [0.25, 0.3) is 0 Å². The van der Waals surface area contributed by atoms with Crippen LogP contribution in [0.3, 0.4) is 0 Å². The summed E-state index contributed by atoms with van der Waals surface area (Å²) in [6.45, 7) is 3.87. The molecule has 1 aromatic rings. The highest BCUT2D eigenvalue weighted by Crippen LogP contribution is 2.13. The zero-order valence-corrected chi connectivity index (χ0v) is 8.02. The summed E-state index contributed by atoms with van der Waals surface area (Å²) in [6, 6.07) is 1.76. The molecule has 0 spiro atoms. The molecule has 0 aliphatic rings. The van der Waals surface area contributed by atoms with Crippen LogP contribution in [0.5, 0.6) is 0 Å². The Morgan fingerprint density at radius 3 is 2.92 bits per heavy atom. The molecule has 0 unspecified atom stereocenters. The van der Waals surface area contributed by atoms with E-state index in [1.807, 2.05) is 19.9 Å². The van der Waals surface area contributed by atoms with Crippen molar-refractivity contribution in [2.24, 2.45) is 0 Å². The molecule has 64 valence electrons. The molecule has 0 bridgehead atoms. The average Bonchev–Trinajstić information content (AvgIpc) is 2.58. The van der Waals surface area contributed by atoms with E-state index in [0.29, 0.717) is 0 Å². The lowest BCUT2D eigenvalue weighted by Crippen LogP contribution is -1.99. The molecule has 1 aromatic heterocycles. The van der Waals surface area contributed by atoms with Gasteiger partial charge in [0.15, 0.2) is 5.78 Å². The van der Waals surface area contributed by atoms with E-state index in [4.69, 9.17) is 0 Å². The summed E-state index contributed by atoms with van der Waals surface area (Å²) >= 11 is 1.25. The van der Waals surface area contributed by atoms with Crippen LogP contribution in [0.4, 0.5) is 0 Å². The Morgan fingerprint density at radius 1 is 1.75 bits per heavy atom. The van der Waals surface area contributed by atoms with Gasteiger partial charge in [-0.1, -0.05) is 13.0 Å². The van der Waals surface area contributed by atoms with E-state index in [1.54, 1.807) is 12.3 Å². The lowest BCUT2D eigenvalue weighted by atomic mass is 10.1. The van der Waals surface area contributed by atoms with Gasteiger partial charge in [-0.05, 0) is 36.5 Å². The van der Waals surface area contributed by atoms with Crippen molar-refractivity contribution in [3.63, 3.8) is 0 Å². The normalized spacial score (nSPS) is 11.7. The molecule has 0 fully saturated rings. The predicted molar refractivity (Wildman–Crippen MR) is 50.5 cm³/mol. The van der Waals surface area contributed by atoms with E-state index >= 15 is 0 Å². The van der Waals surface area contributed by atoms with Crippen LogP contribution in [-0.4, -0.2) is 10.2 Å². The number of hydrogen-bond acceptors (Lipinski definition) is 3. The van der Waals surface area contributed by atoms with Gasteiger partial charge >= 0.3 is 0 Å². The maximum absolute atomic E-state index is 11.6. The van der Waals surface area contributed by atoms with Gasteiger partial charge in [0.2, 0.25) is 0 Å². The second-order valence-electron chi connectivity index (χ2n) is 2.37. The molecule has 0 N–H and O–H groups in total. The first-order valence-electron chi connectivity index (χ1n) is 3.90. The van der Waals surface area contributed by atoms with E-state index in [0.717, 1.165) is 16.9 Å². The average molecular weight is 181 g/mol. The van der Waals surface area contributed by atoms with E-state index in [2.05, 4.69) is 4.37 Å². The lowest BCUT2D eigenvalue weighted by Gasteiger charge is -1.97. The quantitative estimate of drug-likeness (QED) is 0.530. The minimum absolute atomic E-state index is 0.113. The second kappa shape index (κ2) is 4.16. The standard InChI is InChI=1S/C9H11NOS/c1-3-7(4-2)9(11)8-5-6-10-12-8/h3,5-6H,4H2,1-2H3/b7-3+. The zero-order chi connectivity index (χ0) is 8.97. The van der Waals surface area contributed by atoms with Crippen LogP contribution in [-0.2, 0) is 0 Å². The van der Waals surface area contributed by atoms with Gasteiger partial charge in [0.1, 0.15) is 0 Å². The molecule has 0 aliphatic carbocycles. The molecule has 12 heavy (non-hydrogen) atoms. The second-order valence-corrected chi connectivity index (χ2v) is 3.21. The third kappa shape index (κ3) is 1.80. The van der Waals surface area contributed by atoms with Gasteiger partial charge < -0.3 is 0 Å². The van der Waals surface area contributed by atoms with Crippen molar-refractivity contribution in [3.05, 3.63) is 28.8 Å². The first-order chi connectivity index (χ1) is 5.79. The molecule has 0 saturated carbocycles. The van der Waals surface area contributed by atoms with Crippen LogP contribution in [0.15, 0.2) is 23.9 Å². The number of hydrogen-bond donors (Lipinski definition) is 0. The number of carbonyl (C=O) groups is 1. The molecule has 0 atom stereocenters. The van der Waals surface area contributed by atoms with Crippen LogP contribution in [0.1, 0.15) is 29.9 Å². The number of allylic oxidation sites excluding steroid dienone is 2. The van der Waals surface area contributed by atoms with Crippen LogP contribution >= 0.6 is 11.5 Å². The van der Waals surface area contributed by atoms with Crippen LogP contribution in [0, 0.1) is 0 Å². The molecular weight excluding hydrogens is 170 g/mol. The molecule has 1 heterocycles. The molecule has 3 heteroatoms. The molecular formula is C9H11NOS.